The lowest BCUT2D eigenvalue weighted by Crippen LogP contribution is -2.50. The Labute approximate surface area is 129 Å². The van der Waals surface area contributed by atoms with Crippen LogP contribution in [-0.2, 0) is 9.45 Å². The van der Waals surface area contributed by atoms with E-state index in [9.17, 15) is 4.79 Å². The van der Waals surface area contributed by atoms with Crippen LogP contribution in [0.1, 0.15) is 64.7 Å². The van der Waals surface area contributed by atoms with Crippen LogP contribution in [0.5, 0.6) is 0 Å². The molecule has 2 rings (SSSR count). The van der Waals surface area contributed by atoms with Gasteiger partial charge in [-0.05, 0) is 39.0 Å². The van der Waals surface area contributed by atoms with Gasteiger partial charge in [0, 0.05) is 24.0 Å². The largest absolute Gasteiger partial charge is 0.434 e. The van der Waals surface area contributed by atoms with Gasteiger partial charge < -0.3 is 15.7 Å². The van der Waals surface area contributed by atoms with Crippen LogP contribution in [0.2, 0.25) is 0 Å². The minimum absolute atomic E-state index is 0.0892. The number of hydrogen-bond donors (Lipinski definition) is 2. The SMILES string of the molecule is C=C(C)CC1CCC(NC(=O)CC2(N)CCCCC2)BO1. The monoisotopic (exact) mass is 292 g/mol. The molecule has 0 bridgehead atoms. The van der Waals surface area contributed by atoms with Crippen molar-refractivity contribution in [3.05, 3.63) is 12.2 Å². The van der Waals surface area contributed by atoms with E-state index in [1.165, 1.54) is 6.42 Å². The summed E-state index contributed by atoms with van der Waals surface area (Å²) in [6.45, 7) is 5.96. The molecule has 1 saturated heterocycles. The van der Waals surface area contributed by atoms with Crippen molar-refractivity contribution in [3.63, 3.8) is 0 Å². The van der Waals surface area contributed by atoms with Crippen molar-refractivity contribution in [3.8, 4) is 0 Å². The Hall–Kier alpha value is -0.805. The minimum Gasteiger partial charge on any atom is -0.434 e. The zero-order valence-corrected chi connectivity index (χ0v) is 13.3. The predicted molar refractivity (Wildman–Crippen MR) is 87.2 cm³/mol. The van der Waals surface area contributed by atoms with Gasteiger partial charge >= 0.3 is 0 Å². The first kappa shape index (κ1) is 16.6. The molecule has 5 heteroatoms. The van der Waals surface area contributed by atoms with E-state index < -0.39 is 0 Å². The second kappa shape index (κ2) is 7.46. The summed E-state index contributed by atoms with van der Waals surface area (Å²) in [5.41, 5.74) is 7.22. The van der Waals surface area contributed by atoms with Crippen LogP contribution < -0.4 is 11.1 Å². The Morgan fingerprint density at radius 1 is 1.38 bits per heavy atom. The van der Waals surface area contributed by atoms with Crippen LogP contribution in [0.3, 0.4) is 0 Å². The van der Waals surface area contributed by atoms with Crippen molar-refractivity contribution in [1.82, 2.24) is 5.32 Å². The van der Waals surface area contributed by atoms with E-state index in [0.717, 1.165) is 50.5 Å². The van der Waals surface area contributed by atoms with Gasteiger partial charge in [0.25, 0.3) is 7.48 Å². The summed E-state index contributed by atoms with van der Waals surface area (Å²) in [6, 6.07) is 0. The first-order chi connectivity index (χ1) is 9.97. The van der Waals surface area contributed by atoms with Crippen LogP contribution in [0, 0.1) is 0 Å². The van der Waals surface area contributed by atoms with Crippen LogP contribution in [0.4, 0.5) is 0 Å². The number of carbonyl (C=O) groups is 1. The summed E-state index contributed by atoms with van der Waals surface area (Å²) in [4.78, 5) is 12.2. The third kappa shape index (κ3) is 5.48. The third-order valence-electron chi connectivity index (χ3n) is 4.67. The quantitative estimate of drug-likeness (QED) is 0.601. The fourth-order valence-corrected chi connectivity index (χ4v) is 3.50. The number of nitrogens with one attached hydrogen (secondary N) is 1. The van der Waals surface area contributed by atoms with E-state index in [1.807, 2.05) is 6.92 Å². The maximum absolute atomic E-state index is 12.2. The number of carbonyl (C=O) groups excluding carboxylic acids is 1. The van der Waals surface area contributed by atoms with E-state index in [1.54, 1.807) is 0 Å². The van der Waals surface area contributed by atoms with Gasteiger partial charge in [0.2, 0.25) is 5.91 Å². The standard InChI is InChI=1S/C16H29BN2O2/c1-12(2)10-13-6-7-14(17-21-13)19-15(20)11-16(18)8-4-3-5-9-16/h13-14,17H,1,3-11,18H2,2H3,(H,19,20). The number of amides is 1. The summed E-state index contributed by atoms with van der Waals surface area (Å²) in [7, 11) is 0.612. The van der Waals surface area contributed by atoms with Crippen LogP contribution >= 0.6 is 0 Å². The molecule has 2 atom stereocenters. The van der Waals surface area contributed by atoms with Gasteiger partial charge in [0.05, 0.1) is 0 Å². The summed E-state index contributed by atoms with van der Waals surface area (Å²) in [5.74, 6) is 0.234. The first-order valence-corrected chi connectivity index (χ1v) is 8.31. The number of nitrogens with two attached hydrogens (primary N) is 1. The summed E-state index contributed by atoms with van der Waals surface area (Å²) < 4.78 is 5.81. The van der Waals surface area contributed by atoms with Gasteiger partial charge in [0.1, 0.15) is 0 Å². The molecule has 4 nitrogen and oxygen atoms in total. The molecule has 0 radical (unpaired) electrons. The maximum atomic E-state index is 12.2. The lowest BCUT2D eigenvalue weighted by molar-refractivity contribution is -0.123. The van der Waals surface area contributed by atoms with Gasteiger partial charge in [-0.2, -0.15) is 0 Å². The van der Waals surface area contributed by atoms with Crippen molar-refractivity contribution in [1.29, 1.82) is 0 Å². The molecule has 118 valence electrons. The fourth-order valence-electron chi connectivity index (χ4n) is 3.50. The average Bonchev–Trinajstić information content (AvgIpc) is 2.40. The van der Waals surface area contributed by atoms with Crippen molar-refractivity contribution in [2.24, 2.45) is 5.73 Å². The van der Waals surface area contributed by atoms with Crippen molar-refractivity contribution in [2.75, 3.05) is 0 Å². The van der Waals surface area contributed by atoms with Crippen molar-refractivity contribution < 1.29 is 9.45 Å². The van der Waals surface area contributed by atoms with Gasteiger partial charge in [-0.1, -0.05) is 24.8 Å². The highest BCUT2D eigenvalue weighted by Crippen LogP contribution is 2.28. The minimum atomic E-state index is -0.277. The zero-order chi connectivity index (χ0) is 15.3. The first-order valence-electron chi connectivity index (χ1n) is 8.31. The summed E-state index contributed by atoms with van der Waals surface area (Å²) in [5, 5.41) is 3.10. The van der Waals surface area contributed by atoms with Gasteiger partial charge in [0.15, 0.2) is 0 Å². The molecule has 0 aromatic carbocycles. The molecule has 3 N–H and O–H groups in total. The molecule has 1 amide bonds. The molecule has 2 fully saturated rings. The second-order valence-corrected chi connectivity index (χ2v) is 7.06. The smallest absolute Gasteiger partial charge is 0.297 e. The van der Waals surface area contributed by atoms with E-state index in [4.69, 9.17) is 10.4 Å². The molecule has 2 unspecified atom stereocenters. The summed E-state index contributed by atoms with van der Waals surface area (Å²) >= 11 is 0. The Balaban J connectivity index is 1.70. The highest BCUT2D eigenvalue weighted by atomic mass is 16.4. The molecular formula is C16H29BN2O2. The Morgan fingerprint density at radius 3 is 2.67 bits per heavy atom. The molecule has 1 saturated carbocycles. The Kier molecular flexibility index (Phi) is 5.88. The van der Waals surface area contributed by atoms with Crippen LogP contribution in [0.15, 0.2) is 12.2 Å². The van der Waals surface area contributed by atoms with Crippen LogP contribution in [-0.4, -0.2) is 31.0 Å². The Morgan fingerprint density at radius 2 is 2.10 bits per heavy atom. The van der Waals surface area contributed by atoms with Crippen LogP contribution in [0.25, 0.3) is 0 Å². The van der Waals surface area contributed by atoms with E-state index in [-0.39, 0.29) is 23.5 Å². The molecule has 1 heterocycles. The topological polar surface area (TPSA) is 64.4 Å². The Bertz CT molecular complexity index is 372. The molecule has 0 spiro atoms. The number of hydrogen-bond acceptors (Lipinski definition) is 3. The number of rotatable bonds is 5. The zero-order valence-electron chi connectivity index (χ0n) is 13.3. The molecule has 0 aromatic heterocycles. The van der Waals surface area contributed by atoms with Gasteiger partial charge in [-0.3, -0.25) is 4.79 Å². The lowest BCUT2D eigenvalue weighted by atomic mass is 9.77. The molecule has 21 heavy (non-hydrogen) atoms. The normalized spacial score (nSPS) is 28.5. The second-order valence-electron chi connectivity index (χ2n) is 7.06. The highest BCUT2D eigenvalue weighted by molar-refractivity contribution is 6.30. The lowest BCUT2D eigenvalue weighted by Gasteiger charge is -2.34. The van der Waals surface area contributed by atoms with E-state index in [2.05, 4.69) is 11.9 Å². The molecule has 0 aromatic rings. The predicted octanol–water partition coefficient (Wildman–Crippen LogP) is 1.98. The third-order valence-corrected chi connectivity index (χ3v) is 4.67. The maximum Gasteiger partial charge on any atom is 0.297 e. The van der Waals surface area contributed by atoms with E-state index >= 15 is 0 Å². The fraction of sp³-hybridized carbons (Fsp3) is 0.812. The molecule has 2 aliphatic rings. The van der Waals surface area contributed by atoms with Crippen molar-refractivity contribution >= 4 is 13.4 Å². The molecular weight excluding hydrogens is 263 g/mol. The van der Waals surface area contributed by atoms with E-state index in [0.29, 0.717) is 13.9 Å². The molecule has 1 aliphatic carbocycles. The molecule has 1 aliphatic heterocycles. The van der Waals surface area contributed by atoms with Crippen molar-refractivity contribution in [2.45, 2.75) is 82.3 Å². The van der Waals surface area contributed by atoms with Gasteiger partial charge in [-0.15, -0.1) is 6.58 Å². The summed E-state index contributed by atoms with van der Waals surface area (Å²) in [6.07, 6.45) is 9.14. The average molecular weight is 292 g/mol. The van der Waals surface area contributed by atoms with Gasteiger partial charge in [-0.25, -0.2) is 0 Å². The highest BCUT2D eigenvalue weighted by Gasteiger charge is 2.31.